The molecule has 1 atom stereocenters. The Kier molecular flexibility index (Phi) is 6.50. The smallest absolute Gasteiger partial charge is 0.251 e. The molecule has 3 N–H and O–H groups in total. The van der Waals surface area contributed by atoms with Crippen molar-refractivity contribution in [1.82, 2.24) is 5.32 Å². The molecule has 0 fully saturated rings. The van der Waals surface area contributed by atoms with E-state index in [0.717, 1.165) is 16.3 Å². The quantitative estimate of drug-likeness (QED) is 0.534. The molecule has 4 nitrogen and oxygen atoms in total. The second-order valence-corrected chi connectivity index (χ2v) is 7.87. The Morgan fingerprint density at radius 3 is 2.44 bits per heavy atom. The van der Waals surface area contributed by atoms with E-state index in [4.69, 9.17) is 16.7 Å². The van der Waals surface area contributed by atoms with Gasteiger partial charge in [0.2, 0.25) is 0 Å². The van der Waals surface area contributed by atoms with E-state index >= 15 is 0 Å². The van der Waals surface area contributed by atoms with Crippen molar-refractivity contribution in [2.45, 2.75) is 19.5 Å². The predicted molar refractivity (Wildman–Crippen MR) is 113 cm³/mol. The first-order chi connectivity index (χ1) is 13.0. The molecule has 0 bridgehead atoms. The van der Waals surface area contributed by atoms with E-state index in [-0.39, 0.29) is 18.6 Å². The van der Waals surface area contributed by atoms with Crippen LogP contribution >= 0.6 is 22.9 Å². The second kappa shape index (κ2) is 9.04. The lowest BCUT2D eigenvalue weighted by Gasteiger charge is -2.11. The summed E-state index contributed by atoms with van der Waals surface area (Å²) in [7, 11) is 0. The molecule has 140 valence electrons. The number of aliphatic hydroxyl groups is 1. The van der Waals surface area contributed by atoms with Gasteiger partial charge in [-0.25, -0.2) is 0 Å². The van der Waals surface area contributed by atoms with Crippen molar-refractivity contribution in [2.75, 3.05) is 11.9 Å². The molecule has 0 aliphatic heterocycles. The van der Waals surface area contributed by atoms with Crippen LogP contribution in [0, 0.1) is 0 Å². The Balaban J connectivity index is 1.57. The molecular formula is C21H21ClN2O2S. The standard InChI is InChI=1S/C21H21ClN2O2S/c1-14(13-25)24-21(26)16-4-8-18(9-5-16)23-12-19-10-11-20(27-19)15-2-6-17(22)7-3-15/h2-11,14,23,25H,12-13H2,1H3,(H,24,26)/t14-/m1/s1. The van der Waals surface area contributed by atoms with Gasteiger partial charge in [0.15, 0.2) is 0 Å². The first kappa shape index (κ1) is 19.4. The van der Waals surface area contributed by atoms with Gasteiger partial charge < -0.3 is 15.7 Å². The first-order valence-electron chi connectivity index (χ1n) is 8.65. The number of anilines is 1. The monoisotopic (exact) mass is 400 g/mol. The highest BCUT2D eigenvalue weighted by Crippen LogP contribution is 2.29. The number of hydrogen-bond donors (Lipinski definition) is 3. The molecule has 3 rings (SSSR count). The summed E-state index contributed by atoms with van der Waals surface area (Å²) >= 11 is 7.68. The topological polar surface area (TPSA) is 61.4 Å². The van der Waals surface area contributed by atoms with Crippen molar-refractivity contribution in [2.24, 2.45) is 0 Å². The van der Waals surface area contributed by atoms with Crippen molar-refractivity contribution in [1.29, 1.82) is 0 Å². The summed E-state index contributed by atoms with van der Waals surface area (Å²) < 4.78 is 0. The van der Waals surface area contributed by atoms with Crippen molar-refractivity contribution >= 4 is 34.5 Å². The maximum atomic E-state index is 12.0. The first-order valence-corrected chi connectivity index (χ1v) is 9.85. The lowest BCUT2D eigenvalue weighted by atomic mass is 10.2. The maximum absolute atomic E-state index is 12.0. The zero-order valence-corrected chi connectivity index (χ0v) is 16.5. The van der Waals surface area contributed by atoms with Crippen LogP contribution in [0.25, 0.3) is 10.4 Å². The third kappa shape index (κ3) is 5.32. The van der Waals surface area contributed by atoms with Crippen molar-refractivity contribution in [3.63, 3.8) is 0 Å². The minimum atomic E-state index is -0.260. The van der Waals surface area contributed by atoms with Crippen LogP contribution in [0.2, 0.25) is 5.02 Å². The highest BCUT2D eigenvalue weighted by molar-refractivity contribution is 7.15. The Morgan fingerprint density at radius 1 is 1.07 bits per heavy atom. The van der Waals surface area contributed by atoms with Crippen LogP contribution in [0.4, 0.5) is 5.69 Å². The summed E-state index contributed by atoms with van der Waals surface area (Å²) in [4.78, 5) is 14.4. The molecule has 3 aromatic rings. The van der Waals surface area contributed by atoms with Gasteiger partial charge in [-0.3, -0.25) is 4.79 Å². The fraction of sp³-hybridized carbons (Fsp3) is 0.190. The number of thiophene rings is 1. The number of halogens is 1. The maximum Gasteiger partial charge on any atom is 0.251 e. The summed E-state index contributed by atoms with van der Waals surface area (Å²) in [6, 6.07) is 19.1. The van der Waals surface area contributed by atoms with Gasteiger partial charge in [-0.15, -0.1) is 11.3 Å². The Bertz CT molecular complexity index is 891. The SMILES string of the molecule is C[C@H](CO)NC(=O)c1ccc(NCc2ccc(-c3ccc(Cl)cc3)s2)cc1. The van der Waals surface area contributed by atoms with Gasteiger partial charge in [-0.1, -0.05) is 23.7 Å². The molecule has 1 heterocycles. The van der Waals surface area contributed by atoms with Crippen LogP contribution in [-0.2, 0) is 6.54 Å². The van der Waals surface area contributed by atoms with E-state index in [2.05, 4.69) is 22.8 Å². The molecule has 0 aliphatic rings. The molecule has 1 aromatic heterocycles. The third-order valence-electron chi connectivity index (χ3n) is 4.06. The molecular weight excluding hydrogens is 380 g/mol. The van der Waals surface area contributed by atoms with Crippen molar-refractivity contribution < 1.29 is 9.90 Å². The van der Waals surface area contributed by atoms with Gasteiger partial charge in [0, 0.05) is 38.6 Å². The average molecular weight is 401 g/mol. The number of hydrogen-bond acceptors (Lipinski definition) is 4. The molecule has 6 heteroatoms. The number of amides is 1. The predicted octanol–water partition coefficient (Wildman–Crippen LogP) is 4.79. The fourth-order valence-electron chi connectivity index (χ4n) is 2.52. The summed E-state index contributed by atoms with van der Waals surface area (Å²) in [5.74, 6) is -0.186. The van der Waals surface area contributed by atoms with Crippen LogP contribution in [0.5, 0.6) is 0 Å². The minimum Gasteiger partial charge on any atom is -0.394 e. The van der Waals surface area contributed by atoms with E-state index in [1.54, 1.807) is 30.4 Å². The van der Waals surface area contributed by atoms with Gasteiger partial charge >= 0.3 is 0 Å². The van der Waals surface area contributed by atoms with E-state index in [9.17, 15) is 4.79 Å². The van der Waals surface area contributed by atoms with Crippen molar-refractivity contribution in [3.8, 4) is 10.4 Å². The van der Waals surface area contributed by atoms with Crippen molar-refractivity contribution in [3.05, 3.63) is 76.1 Å². The normalized spacial score (nSPS) is 11.8. The van der Waals surface area contributed by atoms with E-state index in [1.165, 1.54) is 9.75 Å². The Hall–Kier alpha value is -2.34. The summed E-state index contributed by atoms with van der Waals surface area (Å²) in [5.41, 5.74) is 2.67. The molecule has 2 aromatic carbocycles. The molecule has 1 amide bonds. The largest absolute Gasteiger partial charge is 0.394 e. The van der Waals surface area contributed by atoms with Gasteiger partial charge in [0.05, 0.1) is 6.61 Å². The highest BCUT2D eigenvalue weighted by Gasteiger charge is 2.09. The number of aliphatic hydroxyl groups excluding tert-OH is 1. The number of nitrogens with one attached hydrogen (secondary N) is 2. The van der Waals surface area contributed by atoms with Crippen LogP contribution in [0.1, 0.15) is 22.2 Å². The van der Waals surface area contributed by atoms with Crippen LogP contribution < -0.4 is 10.6 Å². The summed E-state index contributed by atoms with van der Waals surface area (Å²) in [5, 5.41) is 15.8. The number of carbonyl (C=O) groups excluding carboxylic acids is 1. The molecule has 0 unspecified atom stereocenters. The average Bonchev–Trinajstić information content (AvgIpc) is 3.16. The zero-order chi connectivity index (χ0) is 19.2. The van der Waals surface area contributed by atoms with Crippen LogP contribution in [0.15, 0.2) is 60.7 Å². The van der Waals surface area contributed by atoms with Crippen LogP contribution in [0.3, 0.4) is 0 Å². The van der Waals surface area contributed by atoms with Crippen LogP contribution in [-0.4, -0.2) is 23.7 Å². The fourth-order valence-corrected chi connectivity index (χ4v) is 3.60. The lowest BCUT2D eigenvalue weighted by molar-refractivity contribution is 0.0922. The molecule has 0 radical (unpaired) electrons. The molecule has 0 aliphatic carbocycles. The lowest BCUT2D eigenvalue weighted by Crippen LogP contribution is -2.34. The van der Waals surface area contributed by atoms with Gasteiger partial charge in [-0.2, -0.15) is 0 Å². The molecule has 27 heavy (non-hydrogen) atoms. The summed E-state index contributed by atoms with van der Waals surface area (Å²) in [6.07, 6.45) is 0. The Labute approximate surface area is 167 Å². The molecule has 0 spiro atoms. The van der Waals surface area contributed by atoms with E-state index < -0.39 is 0 Å². The number of carbonyl (C=O) groups is 1. The Morgan fingerprint density at radius 2 is 1.78 bits per heavy atom. The number of rotatable bonds is 7. The molecule has 0 saturated heterocycles. The number of benzene rings is 2. The van der Waals surface area contributed by atoms with E-state index in [1.807, 2.05) is 36.4 Å². The molecule has 0 saturated carbocycles. The van der Waals surface area contributed by atoms with Gasteiger partial charge in [0.25, 0.3) is 5.91 Å². The van der Waals surface area contributed by atoms with E-state index in [0.29, 0.717) is 12.1 Å². The summed E-state index contributed by atoms with van der Waals surface area (Å²) in [6.45, 7) is 2.39. The van der Waals surface area contributed by atoms with Gasteiger partial charge in [-0.05, 0) is 61.0 Å². The van der Waals surface area contributed by atoms with Gasteiger partial charge in [0.1, 0.15) is 0 Å². The second-order valence-electron chi connectivity index (χ2n) is 6.26. The minimum absolute atomic E-state index is 0.0792. The third-order valence-corrected chi connectivity index (χ3v) is 5.44. The zero-order valence-electron chi connectivity index (χ0n) is 14.9. The highest BCUT2D eigenvalue weighted by atomic mass is 35.5.